The van der Waals surface area contributed by atoms with E-state index in [0.29, 0.717) is 13.2 Å². The molecule has 3 nitrogen and oxygen atoms in total. The van der Waals surface area contributed by atoms with Crippen LogP contribution in [0.5, 0.6) is 0 Å². The van der Waals surface area contributed by atoms with Crippen molar-refractivity contribution in [3.8, 4) is 0 Å². The van der Waals surface area contributed by atoms with Crippen molar-refractivity contribution in [1.82, 2.24) is 0 Å². The van der Waals surface area contributed by atoms with Gasteiger partial charge < -0.3 is 10.1 Å². The molecule has 18 heavy (non-hydrogen) atoms. The third-order valence-corrected chi connectivity index (χ3v) is 3.43. The van der Waals surface area contributed by atoms with E-state index in [2.05, 4.69) is 5.32 Å². The minimum Gasteiger partial charge on any atom is -0.379 e. The molecule has 2 aromatic carbocycles. The highest BCUT2D eigenvalue weighted by molar-refractivity contribution is 6.04. The first kappa shape index (κ1) is 11.2. The quantitative estimate of drug-likeness (QED) is 0.878. The maximum atomic E-state index is 12.2. The number of carbonyl (C=O) groups is 1. The lowest BCUT2D eigenvalue weighted by molar-refractivity contribution is -0.151. The van der Waals surface area contributed by atoms with E-state index in [4.69, 9.17) is 4.74 Å². The van der Waals surface area contributed by atoms with E-state index < -0.39 is 0 Å². The number of hydrogen-bond acceptors (Lipinski definition) is 2. The number of carbonyl (C=O) groups excluding carboxylic acids is 1. The standard InChI is InChI=1S/C15H15NO2/c1-15(9-18-10-15)14(17)16-13-8-4-6-11-5-2-3-7-12(11)13/h2-8H,9-10H2,1H3,(H,16,17). The van der Waals surface area contributed by atoms with Gasteiger partial charge in [0.25, 0.3) is 0 Å². The summed E-state index contributed by atoms with van der Waals surface area (Å²) in [6.45, 7) is 2.93. The zero-order valence-corrected chi connectivity index (χ0v) is 10.3. The van der Waals surface area contributed by atoms with Crippen LogP contribution in [0.1, 0.15) is 6.92 Å². The van der Waals surface area contributed by atoms with Crippen molar-refractivity contribution in [3.63, 3.8) is 0 Å². The fourth-order valence-corrected chi connectivity index (χ4v) is 2.15. The van der Waals surface area contributed by atoms with E-state index in [9.17, 15) is 4.79 Å². The predicted octanol–water partition coefficient (Wildman–Crippen LogP) is 2.81. The lowest BCUT2D eigenvalue weighted by atomic mass is 9.87. The third-order valence-electron chi connectivity index (χ3n) is 3.43. The molecule has 1 heterocycles. The van der Waals surface area contributed by atoms with E-state index in [1.165, 1.54) is 0 Å². The molecule has 0 radical (unpaired) electrons. The molecule has 1 N–H and O–H groups in total. The Balaban J connectivity index is 1.93. The number of benzene rings is 2. The third kappa shape index (κ3) is 1.77. The number of hydrogen-bond donors (Lipinski definition) is 1. The van der Waals surface area contributed by atoms with E-state index >= 15 is 0 Å². The van der Waals surface area contributed by atoms with Crippen molar-refractivity contribution < 1.29 is 9.53 Å². The molecule has 0 aliphatic carbocycles. The molecule has 92 valence electrons. The van der Waals surface area contributed by atoms with Gasteiger partial charge in [0.2, 0.25) is 5.91 Å². The van der Waals surface area contributed by atoms with Gasteiger partial charge in [-0.15, -0.1) is 0 Å². The second-order valence-corrected chi connectivity index (χ2v) is 5.03. The van der Waals surface area contributed by atoms with Crippen molar-refractivity contribution in [1.29, 1.82) is 0 Å². The molecule has 0 aromatic heterocycles. The second kappa shape index (κ2) is 4.10. The van der Waals surface area contributed by atoms with E-state index in [1.807, 2.05) is 49.4 Å². The molecule has 0 saturated carbocycles. The SMILES string of the molecule is CC1(C(=O)Nc2cccc3ccccc23)COC1. The van der Waals surface area contributed by atoms with E-state index in [0.717, 1.165) is 16.5 Å². The van der Waals surface area contributed by atoms with Crippen LogP contribution in [-0.4, -0.2) is 19.1 Å². The first-order valence-electron chi connectivity index (χ1n) is 6.06. The molecule has 1 amide bonds. The van der Waals surface area contributed by atoms with Crippen LogP contribution in [0, 0.1) is 5.41 Å². The largest absolute Gasteiger partial charge is 0.379 e. The second-order valence-electron chi connectivity index (χ2n) is 5.03. The number of nitrogens with one attached hydrogen (secondary N) is 1. The van der Waals surface area contributed by atoms with Crippen molar-refractivity contribution in [2.24, 2.45) is 5.41 Å². The molecular weight excluding hydrogens is 226 g/mol. The average Bonchev–Trinajstić information content (AvgIpc) is 2.36. The molecule has 2 aromatic rings. The molecule has 1 aliphatic rings. The first-order chi connectivity index (χ1) is 8.69. The highest BCUT2D eigenvalue weighted by atomic mass is 16.5. The summed E-state index contributed by atoms with van der Waals surface area (Å²) >= 11 is 0. The van der Waals surface area contributed by atoms with Gasteiger partial charge in [-0.25, -0.2) is 0 Å². The van der Waals surface area contributed by atoms with Gasteiger partial charge in [0, 0.05) is 11.1 Å². The molecule has 1 aliphatic heterocycles. The monoisotopic (exact) mass is 241 g/mol. The van der Waals surface area contributed by atoms with Crippen molar-refractivity contribution in [3.05, 3.63) is 42.5 Å². The number of rotatable bonds is 2. The maximum absolute atomic E-state index is 12.2. The van der Waals surface area contributed by atoms with Crippen LogP contribution in [0.3, 0.4) is 0 Å². The summed E-state index contributed by atoms with van der Waals surface area (Å²) in [5.74, 6) is 0.0325. The molecule has 1 saturated heterocycles. The van der Waals surface area contributed by atoms with E-state index in [-0.39, 0.29) is 11.3 Å². The molecule has 0 atom stereocenters. The summed E-state index contributed by atoms with van der Waals surface area (Å²) in [7, 11) is 0. The number of ether oxygens (including phenoxy) is 1. The number of anilines is 1. The Kier molecular flexibility index (Phi) is 2.56. The Morgan fingerprint density at radius 2 is 1.89 bits per heavy atom. The first-order valence-corrected chi connectivity index (χ1v) is 6.06. The summed E-state index contributed by atoms with van der Waals surface area (Å²) in [4.78, 5) is 12.2. The zero-order valence-electron chi connectivity index (χ0n) is 10.3. The predicted molar refractivity (Wildman–Crippen MR) is 71.5 cm³/mol. The Morgan fingerprint density at radius 3 is 2.61 bits per heavy atom. The van der Waals surface area contributed by atoms with Gasteiger partial charge in [0.15, 0.2) is 0 Å². The van der Waals surface area contributed by atoms with Crippen LogP contribution in [0.15, 0.2) is 42.5 Å². The Morgan fingerprint density at radius 1 is 1.17 bits per heavy atom. The topological polar surface area (TPSA) is 38.3 Å². The number of fused-ring (bicyclic) bond motifs is 1. The normalized spacial score (nSPS) is 17.2. The summed E-state index contributed by atoms with van der Waals surface area (Å²) in [6.07, 6.45) is 0. The molecule has 0 bridgehead atoms. The van der Waals surface area contributed by atoms with Crippen LogP contribution in [0.4, 0.5) is 5.69 Å². The fraction of sp³-hybridized carbons (Fsp3) is 0.267. The summed E-state index contributed by atoms with van der Waals surface area (Å²) in [6, 6.07) is 14.0. The van der Waals surface area contributed by atoms with Gasteiger partial charge in [-0.1, -0.05) is 36.4 Å². The van der Waals surface area contributed by atoms with Crippen LogP contribution < -0.4 is 5.32 Å². The van der Waals surface area contributed by atoms with Crippen LogP contribution in [0.25, 0.3) is 10.8 Å². The van der Waals surface area contributed by atoms with Gasteiger partial charge in [-0.3, -0.25) is 4.79 Å². The minimum atomic E-state index is -0.378. The lowest BCUT2D eigenvalue weighted by Gasteiger charge is -2.36. The molecule has 0 spiro atoms. The molecule has 0 unspecified atom stereocenters. The Hall–Kier alpha value is -1.87. The van der Waals surface area contributed by atoms with E-state index in [1.54, 1.807) is 0 Å². The van der Waals surface area contributed by atoms with Gasteiger partial charge in [0.1, 0.15) is 0 Å². The van der Waals surface area contributed by atoms with Crippen molar-refractivity contribution >= 4 is 22.4 Å². The Bertz CT molecular complexity index is 597. The van der Waals surface area contributed by atoms with Gasteiger partial charge in [-0.2, -0.15) is 0 Å². The van der Waals surface area contributed by atoms with Gasteiger partial charge >= 0.3 is 0 Å². The minimum absolute atomic E-state index is 0.0325. The maximum Gasteiger partial charge on any atom is 0.235 e. The fourth-order valence-electron chi connectivity index (χ4n) is 2.15. The smallest absolute Gasteiger partial charge is 0.235 e. The Labute approximate surface area is 106 Å². The highest BCUT2D eigenvalue weighted by Gasteiger charge is 2.41. The van der Waals surface area contributed by atoms with Crippen LogP contribution in [0.2, 0.25) is 0 Å². The summed E-state index contributed by atoms with van der Waals surface area (Å²) in [5.41, 5.74) is 0.489. The van der Waals surface area contributed by atoms with Crippen LogP contribution >= 0.6 is 0 Å². The zero-order chi connectivity index (χ0) is 12.6. The molecule has 3 heteroatoms. The number of amides is 1. The lowest BCUT2D eigenvalue weighted by Crippen LogP contribution is -2.49. The summed E-state index contributed by atoms with van der Waals surface area (Å²) in [5, 5.41) is 5.21. The van der Waals surface area contributed by atoms with Gasteiger partial charge in [0.05, 0.1) is 18.6 Å². The van der Waals surface area contributed by atoms with Crippen LogP contribution in [-0.2, 0) is 9.53 Å². The summed E-state index contributed by atoms with van der Waals surface area (Å²) < 4.78 is 5.12. The van der Waals surface area contributed by atoms with Crippen molar-refractivity contribution in [2.75, 3.05) is 18.5 Å². The van der Waals surface area contributed by atoms with Crippen molar-refractivity contribution in [2.45, 2.75) is 6.92 Å². The van der Waals surface area contributed by atoms with Gasteiger partial charge in [-0.05, 0) is 18.4 Å². The molecule has 3 rings (SSSR count). The average molecular weight is 241 g/mol. The molecular formula is C15H15NO2. The highest BCUT2D eigenvalue weighted by Crippen LogP contribution is 2.30. The molecule has 1 fully saturated rings.